The minimum absolute atomic E-state index is 0. The van der Waals surface area contributed by atoms with Gasteiger partial charge in [-0.15, -0.1) is 11.3 Å². The number of carbonyl (C=O) groups is 2. The molecule has 7 nitrogen and oxygen atoms in total. The average Bonchev–Trinajstić information content (AvgIpc) is 3.11. The van der Waals surface area contributed by atoms with Crippen molar-refractivity contribution in [1.82, 2.24) is 14.3 Å². The summed E-state index contributed by atoms with van der Waals surface area (Å²) in [7, 11) is 0. The normalized spacial score (nSPS) is 27.0. The molecule has 4 heterocycles. The van der Waals surface area contributed by atoms with Gasteiger partial charge in [0.05, 0.1) is 35.9 Å². The van der Waals surface area contributed by atoms with Gasteiger partial charge in [-0.25, -0.2) is 4.98 Å². The quantitative estimate of drug-likeness (QED) is 0.451. The Morgan fingerprint density at radius 2 is 2.21 bits per heavy atom. The molecule has 1 N–H and O–H groups in total. The summed E-state index contributed by atoms with van der Waals surface area (Å²) >= 11 is 1.50. The summed E-state index contributed by atoms with van der Waals surface area (Å²) in [5.74, 6) is -2.08. The minimum Gasteiger partial charge on any atom is -0.543 e. The Bertz CT molecular complexity index is 871. The van der Waals surface area contributed by atoms with Gasteiger partial charge in [0.25, 0.3) is 0 Å². The molecular formula is C15H14KN3O4S. The van der Waals surface area contributed by atoms with Gasteiger partial charge in [0, 0.05) is 23.1 Å². The molecule has 2 aliphatic heterocycles. The monoisotopic (exact) mass is 371 g/mol. The third-order valence-electron chi connectivity index (χ3n) is 4.77. The topological polar surface area (TPSA) is 98.0 Å². The minimum atomic E-state index is -1.39. The van der Waals surface area contributed by atoms with Crippen LogP contribution in [-0.4, -0.2) is 43.4 Å². The Morgan fingerprint density at radius 3 is 2.83 bits per heavy atom. The first-order valence-electron chi connectivity index (χ1n) is 7.31. The number of nitrogens with zero attached hydrogens (tertiary/aromatic N) is 3. The Labute approximate surface area is 184 Å². The number of hydrogen-bond acceptors (Lipinski definition) is 6. The van der Waals surface area contributed by atoms with E-state index in [-0.39, 0.29) is 74.9 Å². The molecule has 1 saturated heterocycles. The zero-order chi connectivity index (χ0) is 16.5. The Kier molecular flexibility index (Phi) is 4.80. The number of carboxylic acid groups (broad SMARTS) is 1. The molecular weight excluding hydrogens is 357 g/mol. The van der Waals surface area contributed by atoms with Crippen LogP contribution in [0.15, 0.2) is 23.5 Å². The number of β-lactam (4-membered cyclic amide) rings is 1. The van der Waals surface area contributed by atoms with E-state index in [2.05, 4.69) is 4.98 Å². The number of carboxylic acids is 1. The second-order valence-corrected chi connectivity index (χ2v) is 6.92. The van der Waals surface area contributed by atoms with E-state index < -0.39 is 18.0 Å². The fraction of sp³-hybridized carbons (Fsp3) is 0.400. The maximum absolute atomic E-state index is 12.3. The molecule has 0 spiro atoms. The largest absolute Gasteiger partial charge is 1.00 e. The van der Waals surface area contributed by atoms with Crippen LogP contribution in [0.3, 0.4) is 0 Å². The number of carbonyl (C=O) groups excluding carboxylic acids is 2. The number of aliphatic carboxylic acids is 1. The van der Waals surface area contributed by atoms with Gasteiger partial charge in [-0.1, -0.05) is 6.92 Å². The van der Waals surface area contributed by atoms with Gasteiger partial charge in [0.2, 0.25) is 5.91 Å². The van der Waals surface area contributed by atoms with Crippen LogP contribution in [0.2, 0.25) is 0 Å². The molecule has 1 fully saturated rings. The molecule has 24 heavy (non-hydrogen) atoms. The predicted molar refractivity (Wildman–Crippen MR) is 80.0 cm³/mol. The first-order valence-corrected chi connectivity index (χ1v) is 8.19. The molecule has 0 saturated carbocycles. The van der Waals surface area contributed by atoms with Crippen LogP contribution in [0.4, 0.5) is 0 Å². The van der Waals surface area contributed by atoms with Crippen molar-refractivity contribution in [3.8, 4) is 0 Å². The van der Waals surface area contributed by atoms with Gasteiger partial charge in [0.1, 0.15) is 10.7 Å². The molecule has 4 atom stereocenters. The molecule has 2 aromatic rings. The van der Waals surface area contributed by atoms with Crippen molar-refractivity contribution < 1.29 is 71.2 Å². The fourth-order valence-electron chi connectivity index (χ4n) is 3.79. The Hall–Kier alpha value is -0.554. The Balaban J connectivity index is 0.00000169. The zero-order valence-electron chi connectivity index (χ0n) is 13.5. The SMILES string of the molecule is C[C@@H](O)[C@H]1C(=O)N2C(C(=O)[O-])=C(c3ncc4sccn34)[C@H](C)[C@H]12.[K+]. The van der Waals surface area contributed by atoms with Gasteiger partial charge >= 0.3 is 51.4 Å². The predicted octanol–water partition coefficient (Wildman–Crippen LogP) is -3.28. The van der Waals surface area contributed by atoms with E-state index in [9.17, 15) is 19.8 Å². The van der Waals surface area contributed by atoms with Crippen molar-refractivity contribution in [2.75, 3.05) is 0 Å². The number of rotatable bonds is 3. The maximum Gasteiger partial charge on any atom is 1.00 e. The molecule has 0 aliphatic carbocycles. The van der Waals surface area contributed by atoms with E-state index in [1.165, 1.54) is 16.2 Å². The van der Waals surface area contributed by atoms with Crippen LogP contribution in [0.5, 0.6) is 0 Å². The first kappa shape index (κ1) is 18.2. The van der Waals surface area contributed by atoms with Crippen LogP contribution < -0.4 is 56.5 Å². The van der Waals surface area contributed by atoms with Crippen LogP contribution in [0.25, 0.3) is 10.4 Å². The van der Waals surface area contributed by atoms with Crippen molar-refractivity contribution >= 4 is 33.6 Å². The van der Waals surface area contributed by atoms with Crippen molar-refractivity contribution in [3.63, 3.8) is 0 Å². The third-order valence-corrected chi connectivity index (χ3v) is 5.57. The number of hydrogen-bond donors (Lipinski definition) is 1. The molecule has 0 aromatic carbocycles. The summed E-state index contributed by atoms with van der Waals surface area (Å²) in [5, 5.41) is 23.4. The second-order valence-electron chi connectivity index (χ2n) is 6.00. The molecule has 120 valence electrons. The van der Waals surface area contributed by atoms with Crippen molar-refractivity contribution in [1.29, 1.82) is 0 Å². The molecule has 9 heteroatoms. The van der Waals surface area contributed by atoms with Crippen LogP contribution in [-0.2, 0) is 9.59 Å². The molecule has 1 amide bonds. The van der Waals surface area contributed by atoms with E-state index in [1.807, 2.05) is 22.9 Å². The molecule has 0 bridgehead atoms. The number of fused-ring (bicyclic) bond motifs is 2. The van der Waals surface area contributed by atoms with Gasteiger partial charge in [-0.2, -0.15) is 0 Å². The third kappa shape index (κ3) is 2.30. The van der Waals surface area contributed by atoms with Crippen molar-refractivity contribution in [2.45, 2.75) is 26.0 Å². The van der Waals surface area contributed by atoms with Gasteiger partial charge in [-0.3, -0.25) is 9.20 Å². The van der Waals surface area contributed by atoms with E-state index in [0.29, 0.717) is 11.4 Å². The number of imidazole rings is 1. The van der Waals surface area contributed by atoms with Gasteiger partial charge < -0.3 is 19.9 Å². The molecule has 4 rings (SSSR count). The van der Waals surface area contributed by atoms with Gasteiger partial charge in [0.15, 0.2) is 0 Å². The smallest absolute Gasteiger partial charge is 0.543 e. The number of thiazole rings is 1. The average molecular weight is 371 g/mol. The maximum atomic E-state index is 12.3. The summed E-state index contributed by atoms with van der Waals surface area (Å²) in [6, 6.07) is -0.364. The number of amides is 1. The van der Waals surface area contributed by atoms with E-state index in [1.54, 1.807) is 13.1 Å². The van der Waals surface area contributed by atoms with Crippen molar-refractivity contribution in [2.24, 2.45) is 11.8 Å². The van der Waals surface area contributed by atoms with Gasteiger partial charge in [-0.05, 0) is 6.92 Å². The van der Waals surface area contributed by atoms with Crippen LogP contribution in [0, 0.1) is 11.8 Å². The Morgan fingerprint density at radius 1 is 1.50 bits per heavy atom. The number of aromatic nitrogens is 2. The summed E-state index contributed by atoms with van der Waals surface area (Å²) < 4.78 is 1.81. The first-order chi connectivity index (χ1) is 10.9. The zero-order valence-corrected chi connectivity index (χ0v) is 17.4. The fourth-order valence-corrected chi connectivity index (χ4v) is 4.48. The number of aliphatic hydroxyl groups excluding tert-OH is 1. The van der Waals surface area contributed by atoms with E-state index in [4.69, 9.17) is 0 Å². The summed E-state index contributed by atoms with van der Waals surface area (Å²) in [6.07, 6.45) is 2.67. The summed E-state index contributed by atoms with van der Waals surface area (Å²) in [5.41, 5.74) is 0.369. The molecule has 0 radical (unpaired) electrons. The van der Waals surface area contributed by atoms with E-state index >= 15 is 0 Å². The molecule has 0 unspecified atom stereocenters. The summed E-state index contributed by atoms with van der Waals surface area (Å²) in [6.45, 7) is 3.41. The van der Waals surface area contributed by atoms with Crippen molar-refractivity contribution in [3.05, 3.63) is 29.3 Å². The van der Waals surface area contributed by atoms with Crippen LogP contribution in [0.1, 0.15) is 19.7 Å². The number of aliphatic hydroxyl groups is 1. The van der Waals surface area contributed by atoms with E-state index in [0.717, 1.165) is 4.83 Å². The summed E-state index contributed by atoms with van der Waals surface area (Å²) in [4.78, 5) is 30.4. The van der Waals surface area contributed by atoms with Crippen LogP contribution >= 0.6 is 11.3 Å². The second kappa shape index (κ2) is 6.31. The standard InChI is InChI=1S/C15H15N3O4S.K/c1-6-9(13-16-5-8-17(13)3-4-23-8)12(15(21)22)18-11(6)10(7(2)19)14(18)20;/h3-7,10-11,19H,1-2H3,(H,21,22);/q;+1/p-1/t6-,7+,10+,11+;/m0./s1. The molecule has 2 aromatic heterocycles. The molecule has 2 aliphatic rings.